The van der Waals surface area contributed by atoms with E-state index in [1.54, 1.807) is 6.07 Å². The fourth-order valence-corrected chi connectivity index (χ4v) is 4.50. The molecule has 1 heterocycles. The minimum absolute atomic E-state index is 0.128. The summed E-state index contributed by atoms with van der Waals surface area (Å²) in [5.41, 5.74) is 1.63. The van der Waals surface area contributed by atoms with Crippen LogP contribution in [0.15, 0.2) is 29.1 Å². The molecule has 0 bridgehead atoms. The van der Waals surface area contributed by atoms with Crippen molar-refractivity contribution in [1.29, 1.82) is 0 Å². The lowest BCUT2D eigenvalue weighted by molar-refractivity contribution is 0.256. The van der Waals surface area contributed by atoms with Gasteiger partial charge in [0, 0.05) is 18.2 Å². The third kappa shape index (κ3) is 2.59. The second-order valence-corrected chi connectivity index (χ2v) is 7.34. The average molecular weight is 314 g/mol. The van der Waals surface area contributed by atoms with E-state index in [2.05, 4.69) is 17.2 Å². The molecule has 0 aliphatic heterocycles. The number of fused-ring (bicyclic) bond motifs is 2. The van der Waals surface area contributed by atoms with Crippen molar-refractivity contribution in [3.05, 3.63) is 46.0 Å². The van der Waals surface area contributed by atoms with E-state index in [1.165, 1.54) is 44.2 Å². The van der Waals surface area contributed by atoms with Gasteiger partial charge in [0.15, 0.2) is 0 Å². The van der Waals surface area contributed by atoms with E-state index >= 15 is 0 Å². The molecule has 3 nitrogen and oxygen atoms in total. The van der Waals surface area contributed by atoms with Crippen LogP contribution in [0, 0.1) is 17.2 Å². The number of hydrogen-bond donors (Lipinski definition) is 2. The largest absolute Gasteiger partial charge is 0.322 e. The quantitative estimate of drug-likeness (QED) is 0.903. The lowest BCUT2D eigenvalue weighted by Gasteiger charge is -2.29. The maximum atomic E-state index is 13.2. The molecule has 2 aliphatic carbocycles. The molecule has 2 aromatic rings. The fraction of sp³-hybridized carbons (Fsp3) is 0.526. The van der Waals surface area contributed by atoms with Crippen molar-refractivity contribution in [3.63, 3.8) is 0 Å². The predicted octanol–water partition coefficient (Wildman–Crippen LogP) is 3.73. The molecule has 2 aliphatic rings. The molecule has 3 atom stereocenters. The van der Waals surface area contributed by atoms with Crippen molar-refractivity contribution in [2.45, 2.75) is 51.6 Å². The zero-order valence-corrected chi connectivity index (χ0v) is 13.5. The zero-order chi connectivity index (χ0) is 16.0. The number of nitrogens with one attached hydrogen (secondary N) is 2. The molecule has 3 unspecified atom stereocenters. The van der Waals surface area contributed by atoms with Crippen molar-refractivity contribution in [2.75, 3.05) is 0 Å². The molecule has 2 fully saturated rings. The van der Waals surface area contributed by atoms with Crippen LogP contribution in [0.25, 0.3) is 10.9 Å². The third-order valence-electron chi connectivity index (χ3n) is 6.07. The molecular formula is C19H23FN2O. The maximum absolute atomic E-state index is 13.2. The second kappa shape index (κ2) is 5.45. The van der Waals surface area contributed by atoms with Gasteiger partial charge in [-0.05, 0) is 67.2 Å². The van der Waals surface area contributed by atoms with Crippen LogP contribution in [-0.4, -0.2) is 11.0 Å². The van der Waals surface area contributed by atoms with Gasteiger partial charge in [0.25, 0.3) is 5.56 Å². The van der Waals surface area contributed by atoms with E-state index < -0.39 is 0 Å². The Kier molecular flexibility index (Phi) is 3.52. The van der Waals surface area contributed by atoms with Gasteiger partial charge >= 0.3 is 0 Å². The summed E-state index contributed by atoms with van der Waals surface area (Å²) in [7, 11) is 0. The van der Waals surface area contributed by atoms with Gasteiger partial charge in [-0.1, -0.05) is 12.8 Å². The minimum Gasteiger partial charge on any atom is -0.322 e. The number of hydrogen-bond acceptors (Lipinski definition) is 2. The van der Waals surface area contributed by atoms with Crippen LogP contribution in [0.3, 0.4) is 0 Å². The first kappa shape index (κ1) is 14.9. The van der Waals surface area contributed by atoms with Crippen LogP contribution in [0.2, 0.25) is 0 Å². The maximum Gasteiger partial charge on any atom is 0.252 e. The van der Waals surface area contributed by atoms with Crippen LogP contribution >= 0.6 is 0 Å². The normalized spacial score (nSPS) is 27.7. The molecule has 0 amide bonds. The molecule has 0 spiro atoms. The Morgan fingerprint density at radius 2 is 2.26 bits per heavy atom. The number of H-pyrrole nitrogens is 1. The molecular weight excluding hydrogens is 291 g/mol. The van der Waals surface area contributed by atoms with Crippen LogP contribution in [0.4, 0.5) is 4.39 Å². The molecule has 2 N–H and O–H groups in total. The fourth-order valence-electron chi connectivity index (χ4n) is 4.50. The minimum atomic E-state index is -0.330. The molecule has 4 rings (SSSR count). The summed E-state index contributed by atoms with van der Waals surface area (Å²) < 4.78 is 13.2. The third-order valence-corrected chi connectivity index (χ3v) is 6.07. The molecule has 1 aromatic heterocycles. The number of aromatic amines is 1. The first-order chi connectivity index (χ1) is 11.1. The molecule has 1 aromatic carbocycles. The van der Waals surface area contributed by atoms with Gasteiger partial charge in [0.1, 0.15) is 5.82 Å². The van der Waals surface area contributed by atoms with Crippen molar-refractivity contribution >= 4 is 10.9 Å². The Bertz CT molecular complexity index is 800. The Labute approximate surface area is 135 Å². The van der Waals surface area contributed by atoms with E-state index in [1.807, 2.05) is 6.07 Å². The molecule has 122 valence electrons. The van der Waals surface area contributed by atoms with Crippen molar-refractivity contribution < 1.29 is 4.39 Å². The van der Waals surface area contributed by atoms with Crippen LogP contribution in [0.1, 0.15) is 44.6 Å². The van der Waals surface area contributed by atoms with Crippen LogP contribution in [0.5, 0.6) is 0 Å². The van der Waals surface area contributed by atoms with Gasteiger partial charge in [-0.2, -0.15) is 0 Å². The molecule has 2 saturated carbocycles. The number of pyridine rings is 1. The summed E-state index contributed by atoms with van der Waals surface area (Å²) in [4.78, 5) is 15.0. The van der Waals surface area contributed by atoms with Gasteiger partial charge in [0.2, 0.25) is 0 Å². The topological polar surface area (TPSA) is 44.9 Å². The summed E-state index contributed by atoms with van der Waals surface area (Å²) in [5, 5.41) is 4.44. The van der Waals surface area contributed by atoms with Crippen molar-refractivity contribution in [2.24, 2.45) is 11.3 Å². The Hall–Kier alpha value is -1.68. The van der Waals surface area contributed by atoms with Crippen LogP contribution in [-0.2, 0) is 6.54 Å². The molecule has 4 heteroatoms. The highest BCUT2D eigenvalue weighted by molar-refractivity contribution is 5.78. The second-order valence-electron chi connectivity index (χ2n) is 7.34. The van der Waals surface area contributed by atoms with Gasteiger partial charge in [-0.25, -0.2) is 4.39 Å². The van der Waals surface area contributed by atoms with Gasteiger partial charge in [-0.15, -0.1) is 0 Å². The average Bonchev–Trinajstić information content (AvgIpc) is 3.28. The van der Waals surface area contributed by atoms with Crippen molar-refractivity contribution in [3.8, 4) is 0 Å². The molecule has 0 radical (unpaired) electrons. The number of rotatable bonds is 4. The SMILES string of the molecule is CC(NCc1cc2ccc(F)cc2[nH]c1=O)C12CCCCC1C2. The van der Waals surface area contributed by atoms with E-state index in [0.717, 1.165) is 16.9 Å². The smallest absolute Gasteiger partial charge is 0.252 e. The number of benzene rings is 1. The Morgan fingerprint density at radius 3 is 3.09 bits per heavy atom. The highest BCUT2D eigenvalue weighted by atomic mass is 19.1. The Morgan fingerprint density at radius 1 is 1.39 bits per heavy atom. The van der Waals surface area contributed by atoms with Gasteiger partial charge in [-0.3, -0.25) is 4.79 Å². The lowest BCUT2D eigenvalue weighted by atomic mass is 9.83. The van der Waals surface area contributed by atoms with Crippen molar-refractivity contribution in [1.82, 2.24) is 10.3 Å². The lowest BCUT2D eigenvalue weighted by Crippen LogP contribution is -2.37. The number of halogens is 1. The standard InChI is InChI=1S/C19H23FN2O/c1-12(19-7-3-2-4-15(19)10-19)21-11-14-8-13-5-6-16(20)9-17(13)22-18(14)23/h5-6,8-9,12,15,21H,2-4,7,10-11H2,1H3,(H,22,23). The first-order valence-electron chi connectivity index (χ1n) is 8.63. The van der Waals surface area contributed by atoms with E-state index in [-0.39, 0.29) is 11.4 Å². The number of aromatic nitrogens is 1. The summed E-state index contributed by atoms with van der Waals surface area (Å²) >= 11 is 0. The Balaban J connectivity index is 1.51. The summed E-state index contributed by atoms with van der Waals surface area (Å²) in [6, 6.07) is 6.82. The van der Waals surface area contributed by atoms with E-state index in [4.69, 9.17) is 0 Å². The van der Waals surface area contributed by atoms with E-state index in [0.29, 0.717) is 23.5 Å². The van der Waals surface area contributed by atoms with Gasteiger partial charge < -0.3 is 10.3 Å². The highest BCUT2D eigenvalue weighted by Gasteiger charge is 2.57. The zero-order valence-electron chi connectivity index (χ0n) is 13.5. The molecule has 0 saturated heterocycles. The first-order valence-corrected chi connectivity index (χ1v) is 8.63. The van der Waals surface area contributed by atoms with E-state index in [9.17, 15) is 9.18 Å². The van der Waals surface area contributed by atoms with Gasteiger partial charge in [0.05, 0.1) is 5.52 Å². The molecule has 23 heavy (non-hydrogen) atoms. The monoisotopic (exact) mass is 314 g/mol. The summed E-state index contributed by atoms with van der Waals surface area (Å²) in [6.07, 6.45) is 6.74. The predicted molar refractivity (Wildman–Crippen MR) is 89.8 cm³/mol. The van der Waals surface area contributed by atoms with Crippen LogP contribution < -0.4 is 10.9 Å². The summed E-state index contributed by atoms with van der Waals surface area (Å²) in [6.45, 7) is 2.83. The highest BCUT2D eigenvalue weighted by Crippen LogP contribution is 2.63. The summed E-state index contributed by atoms with van der Waals surface area (Å²) in [5.74, 6) is 0.556.